The van der Waals surface area contributed by atoms with Gasteiger partial charge < -0.3 is 0 Å². The van der Waals surface area contributed by atoms with Crippen LogP contribution in [0.4, 0.5) is 8.78 Å². The van der Waals surface area contributed by atoms with Gasteiger partial charge in [-0.1, -0.05) is 0 Å². The number of halogens is 2. The minimum atomic E-state index is -2.67. The Morgan fingerprint density at radius 2 is 2.10 bits per heavy atom. The fraction of sp³-hybridized carbons (Fsp3) is 0.429. The molecule has 0 radical (unpaired) electrons. The molecule has 0 nitrogen and oxygen atoms in total. The van der Waals surface area contributed by atoms with Crippen molar-refractivity contribution >= 4 is 11.3 Å². The van der Waals surface area contributed by atoms with Crippen LogP contribution in [0.3, 0.4) is 0 Å². The average Bonchev–Trinajstić information content (AvgIpc) is 2.11. The molecule has 0 unspecified atom stereocenters. The van der Waals surface area contributed by atoms with Crippen molar-refractivity contribution in [3.05, 3.63) is 21.9 Å². The summed E-state index contributed by atoms with van der Waals surface area (Å²) in [5.41, 5.74) is 0.904. The van der Waals surface area contributed by atoms with Gasteiger partial charge in [0.1, 0.15) is 0 Å². The molecule has 0 atom stereocenters. The van der Waals surface area contributed by atoms with E-state index in [1.54, 1.807) is 5.38 Å². The van der Waals surface area contributed by atoms with Crippen LogP contribution in [-0.4, -0.2) is 0 Å². The van der Waals surface area contributed by atoms with Gasteiger partial charge in [-0.15, -0.1) is 11.3 Å². The van der Waals surface area contributed by atoms with E-state index in [0.29, 0.717) is 0 Å². The van der Waals surface area contributed by atoms with Crippen molar-refractivity contribution in [1.29, 1.82) is 0 Å². The molecule has 1 rings (SSSR count). The number of alkyl halides is 2. The molecule has 10 heavy (non-hydrogen) atoms. The molecule has 1 aromatic heterocycles. The summed E-state index contributed by atoms with van der Waals surface area (Å²) in [5, 5.41) is 1.73. The molecule has 0 N–H and O–H groups in total. The van der Waals surface area contributed by atoms with E-state index in [1.165, 1.54) is 6.07 Å². The zero-order valence-corrected chi connectivity index (χ0v) is 6.64. The second kappa shape index (κ2) is 2.31. The third kappa shape index (κ3) is 1.53. The third-order valence-electron chi connectivity index (χ3n) is 1.16. The van der Waals surface area contributed by atoms with E-state index in [1.807, 2.05) is 6.92 Å². The Morgan fingerprint density at radius 1 is 1.50 bits per heavy atom. The summed E-state index contributed by atoms with van der Waals surface area (Å²) in [6.07, 6.45) is 0. The molecule has 1 aromatic rings. The largest absolute Gasteiger partial charge is 0.279 e. The Hall–Kier alpha value is -0.440. The molecule has 3 heteroatoms. The lowest BCUT2D eigenvalue weighted by Gasteiger charge is -2.04. The second-order valence-electron chi connectivity index (χ2n) is 2.38. The zero-order valence-electron chi connectivity index (χ0n) is 5.82. The number of thiophene rings is 1. The SMILES string of the molecule is Cc1csc(C(C)(F)F)c1. The molecule has 0 aliphatic heterocycles. The number of rotatable bonds is 1. The Labute approximate surface area is 62.5 Å². The fourth-order valence-electron chi connectivity index (χ4n) is 0.661. The molecule has 0 bridgehead atoms. The minimum absolute atomic E-state index is 0.144. The summed E-state index contributed by atoms with van der Waals surface area (Å²) < 4.78 is 25.0. The van der Waals surface area contributed by atoms with E-state index < -0.39 is 5.92 Å². The summed E-state index contributed by atoms with van der Waals surface area (Å²) in [6, 6.07) is 1.52. The van der Waals surface area contributed by atoms with Crippen LogP contribution in [0.2, 0.25) is 0 Å². The number of aryl methyl sites for hydroxylation is 1. The minimum Gasteiger partial charge on any atom is -0.201 e. The Morgan fingerprint density at radius 3 is 2.30 bits per heavy atom. The maximum absolute atomic E-state index is 12.5. The molecule has 0 aromatic carbocycles. The van der Waals surface area contributed by atoms with Crippen molar-refractivity contribution < 1.29 is 8.78 Å². The van der Waals surface area contributed by atoms with Gasteiger partial charge in [0, 0.05) is 6.92 Å². The predicted octanol–water partition coefficient (Wildman–Crippen LogP) is 3.17. The van der Waals surface area contributed by atoms with Crippen molar-refractivity contribution in [2.75, 3.05) is 0 Å². The highest BCUT2D eigenvalue weighted by molar-refractivity contribution is 7.10. The first-order valence-electron chi connectivity index (χ1n) is 2.93. The van der Waals surface area contributed by atoms with E-state index in [2.05, 4.69) is 0 Å². The molecule has 0 amide bonds. The summed E-state index contributed by atoms with van der Waals surface area (Å²) in [6.45, 7) is 2.73. The summed E-state index contributed by atoms with van der Waals surface area (Å²) >= 11 is 1.11. The topological polar surface area (TPSA) is 0 Å². The summed E-state index contributed by atoms with van der Waals surface area (Å²) in [4.78, 5) is 0.144. The van der Waals surface area contributed by atoms with Gasteiger partial charge in [-0.2, -0.15) is 0 Å². The first kappa shape index (κ1) is 7.66. The fourth-order valence-corrected chi connectivity index (χ4v) is 1.50. The van der Waals surface area contributed by atoms with Gasteiger partial charge in [0.2, 0.25) is 0 Å². The van der Waals surface area contributed by atoms with Gasteiger partial charge in [-0.05, 0) is 23.9 Å². The Kier molecular flexibility index (Phi) is 1.77. The van der Waals surface area contributed by atoms with Gasteiger partial charge in [0.25, 0.3) is 5.92 Å². The smallest absolute Gasteiger partial charge is 0.201 e. The lowest BCUT2D eigenvalue weighted by Crippen LogP contribution is -2.03. The quantitative estimate of drug-likeness (QED) is 0.595. The molecule has 0 saturated heterocycles. The molecular formula is C7H8F2S. The normalized spacial score (nSPS) is 12.0. The Bertz CT molecular complexity index is 222. The maximum Gasteiger partial charge on any atom is 0.279 e. The van der Waals surface area contributed by atoms with Gasteiger partial charge in [-0.3, -0.25) is 0 Å². The van der Waals surface area contributed by atoms with Crippen LogP contribution in [0.5, 0.6) is 0 Å². The van der Waals surface area contributed by atoms with Crippen molar-refractivity contribution in [3.8, 4) is 0 Å². The highest BCUT2D eigenvalue weighted by Gasteiger charge is 2.25. The van der Waals surface area contributed by atoms with Crippen molar-refractivity contribution in [2.24, 2.45) is 0 Å². The van der Waals surface area contributed by atoms with Gasteiger partial charge in [-0.25, -0.2) is 8.78 Å². The lowest BCUT2D eigenvalue weighted by molar-refractivity contribution is 0.0215. The van der Waals surface area contributed by atoms with E-state index >= 15 is 0 Å². The number of hydrogen-bond donors (Lipinski definition) is 0. The highest BCUT2D eigenvalue weighted by atomic mass is 32.1. The summed E-state index contributed by atoms with van der Waals surface area (Å²) in [7, 11) is 0. The second-order valence-corrected chi connectivity index (χ2v) is 3.29. The lowest BCUT2D eigenvalue weighted by atomic mass is 10.3. The molecular weight excluding hydrogens is 154 g/mol. The van der Waals surface area contributed by atoms with Crippen LogP contribution in [0.1, 0.15) is 17.4 Å². The molecule has 0 aliphatic rings. The van der Waals surface area contributed by atoms with E-state index in [0.717, 1.165) is 23.8 Å². The van der Waals surface area contributed by atoms with Gasteiger partial charge in [0.05, 0.1) is 4.88 Å². The van der Waals surface area contributed by atoms with Crippen LogP contribution in [0.15, 0.2) is 11.4 Å². The van der Waals surface area contributed by atoms with Crippen molar-refractivity contribution in [1.82, 2.24) is 0 Å². The van der Waals surface area contributed by atoms with Crippen molar-refractivity contribution in [2.45, 2.75) is 19.8 Å². The van der Waals surface area contributed by atoms with Crippen molar-refractivity contribution in [3.63, 3.8) is 0 Å². The van der Waals surface area contributed by atoms with E-state index in [-0.39, 0.29) is 4.88 Å². The van der Waals surface area contributed by atoms with Crippen LogP contribution in [-0.2, 0) is 5.92 Å². The van der Waals surface area contributed by atoms with Crippen LogP contribution >= 0.6 is 11.3 Å². The molecule has 0 fully saturated rings. The summed E-state index contributed by atoms with van der Waals surface area (Å²) in [5.74, 6) is -2.67. The van der Waals surface area contributed by atoms with Crippen LogP contribution < -0.4 is 0 Å². The van der Waals surface area contributed by atoms with Gasteiger partial charge >= 0.3 is 0 Å². The van der Waals surface area contributed by atoms with E-state index in [4.69, 9.17) is 0 Å². The van der Waals surface area contributed by atoms with E-state index in [9.17, 15) is 8.78 Å². The third-order valence-corrected chi connectivity index (χ3v) is 2.38. The first-order chi connectivity index (χ1) is 4.50. The molecule has 0 aliphatic carbocycles. The predicted molar refractivity (Wildman–Crippen MR) is 38.6 cm³/mol. The van der Waals surface area contributed by atoms with Gasteiger partial charge in [0.15, 0.2) is 0 Å². The van der Waals surface area contributed by atoms with Crippen LogP contribution in [0, 0.1) is 6.92 Å². The van der Waals surface area contributed by atoms with Crippen LogP contribution in [0.25, 0.3) is 0 Å². The highest BCUT2D eigenvalue weighted by Crippen LogP contribution is 2.31. The molecule has 1 heterocycles. The first-order valence-corrected chi connectivity index (χ1v) is 3.81. The molecule has 56 valence electrons. The standard InChI is InChI=1S/C7H8F2S/c1-5-3-6(10-4-5)7(2,8)9/h3-4H,1-2H3. The monoisotopic (exact) mass is 162 g/mol. The molecule has 0 spiro atoms. The zero-order chi connectivity index (χ0) is 7.78. The molecule has 0 saturated carbocycles. The maximum atomic E-state index is 12.5. The number of hydrogen-bond acceptors (Lipinski definition) is 1. The average molecular weight is 162 g/mol. The Balaban J connectivity index is 2.96.